The lowest BCUT2D eigenvalue weighted by Crippen LogP contribution is -2.18. The SMILES string of the molecule is CCOC(=O)C(C(=O)c1ccc(Br)cc1F)=C(SC)SC. The van der Waals surface area contributed by atoms with Crippen molar-refractivity contribution in [2.75, 3.05) is 19.1 Å². The lowest BCUT2D eigenvalue weighted by Gasteiger charge is -2.11. The Balaban J connectivity index is 3.35. The van der Waals surface area contributed by atoms with Crippen LogP contribution in [0, 0.1) is 5.82 Å². The maximum Gasteiger partial charge on any atom is 0.343 e. The monoisotopic (exact) mass is 392 g/mol. The number of carbonyl (C=O) groups excluding carboxylic acids is 2. The summed E-state index contributed by atoms with van der Waals surface area (Å²) in [5, 5.41) is 0. The molecule has 0 fully saturated rings. The van der Waals surface area contributed by atoms with Gasteiger partial charge in [0.05, 0.1) is 16.4 Å². The van der Waals surface area contributed by atoms with E-state index in [-0.39, 0.29) is 17.7 Å². The van der Waals surface area contributed by atoms with Crippen molar-refractivity contribution in [3.8, 4) is 0 Å². The van der Waals surface area contributed by atoms with E-state index in [4.69, 9.17) is 4.74 Å². The molecule has 0 aliphatic carbocycles. The van der Waals surface area contributed by atoms with Crippen molar-refractivity contribution in [1.29, 1.82) is 0 Å². The van der Waals surface area contributed by atoms with Crippen LogP contribution in [0.5, 0.6) is 0 Å². The molecule has 1 aromatic carbocycles. The molecule has 1 aromatic rings. The summed E-state index contributed by atoms with van der Waals surface area (Å²) in [4.78, 5) is 24.5. The van der Waals surface area contributed by atoms with Gasteiger partial charge in [-0.2, -0.15) is 0 Å². The first-order valence-corrected chi connectivity index (χ1v) is 9.19. The third-order valence-corrected chi connectivity index (χ3v) is 5.10. The van der Waals surface area contributed by atoms with Crippen LogP contribution in [0.1, 0.15) is 17.3 Å². The molecule has 21 heavy (non-hydrogen) atoms. The van der Waals surface area contributed by atoms with Gasteiger partial charge in [-0.1, -0.05) is 15.9 Å². The predicted molar refractivity (Wildman–Crippen MR) is 89.1 cm³/mol. The Hall–Kier alpha value is -0.790. The molecular weight excluding hydrogens is 379 g/mol. The van der Waals surface area contributed by atoms with Gasteiger partial charge in [-0.25, -0.2) is 9.18 Å². The number of ether oxygens (including phenoxy) is 1. The summed E-state index contributed by atoms with van der Waals surface area (Å²) in [5.74, 6) is -2.08. The number of hydrogen-bond acceptors (Lipinski definition) is 5. The van der Waals surface area contributed by atoms with Crippen LogP contribution in [0.2, 0.25) is 0 Å². The van der Waals surface area contributed by atoms with Crippen LogP contribution in [0.25, 0.3) is 0 Å². The lowest BCUT2D eigenvalue weighted by atomic mass is 10.0. The molecule has 0 radical (unpaired) electrons. The van der Waals surface area contributed by atoms with Crippen molar-refractivity contribution in [3.63, 3.8) is 0 Å². The first-order chi connectivity index (χ1) is 9.96. The maximum absolute atomic E-state index is 13.9. The van der Waals surface area contributed by atoms with E-state index in [0.717, 1.165) is 0 Å². The molecule has 0 unspecified atom stereocenters. The van der Waals surface area contributed by atoms with Crippen LogP contribution in [0.15, 0.2) is 32.5 Å². The highest BCUT2D eigenvalue weighted by molar-refractivity contribution is 9.10. The Morgan fingerprint density at radius 3 is 2.38 bits per heavy atom. The van der Waals surface area contributed by atoms with Crippen molar-refractivity contribution in [2.45, 2.75) is 6.92 Å². The lowest BCUT2D eigenvalue weighted by molar-refractivity contribution is -0.138. The average molecular weight is 393 g/mol. The zero-order valence-electron chi connectivity index (χ0n) is 11.7. The Bertz CT molecular complexity index is 582. The van der Waals surface area contributed by atoms with E-state index in [1.54, 1.807) is 25.5 Å². The quantitative estimate of drug-likeness (QED) is 0.237. The molecule has 0 amide bonds. The molecule has 0 aliphatic heterocycles. The fourth-order valence-electron chi connectivity index (χ4n) is 1.57. The molecule has 0 saturated heterocycles. The standard InChI is InChI=1S/C14H14BrFO3S2/c1-4-19-13(18)11(14(20-2)21-3)12(17)9-6-5-8(15)7-10(9)16/h5-7H,4H2,1-3H3. The van der Waals surface area contributed by atoms with E-state index < -0.39 is 17.6 Å². The number of esters is 1. The molecular formula is C14H14BrFO3S2. The zero-order valence-corrected chi connectivity index (χ0v) is 15.0. The number of Topliss-reactive ketones (excluding diaryl/α,β-unsaturated/α-hetero) is 1. The van der Waals surface area contributed by atoms with E-state index in [2.05, 4.69) is 15.9 Å². The Morgan fingerprint density at radius 1 is 1.29 bits per heavy atom. The second kappa shape index (κ2) is 8.60. The van der Waals surface area contributed by atoms with Gasteiger partial charge in [0.25, 0.3) is 0 Å². The first kappa shape index (κ1) is 18.3. The topological polar surface area (TPSA) is 43.4 Å². The number of ketones is 1. The number of benzene rings is 1. The van der Waals surface area contributed by atoms with Crippen molar-refractivity contribution in [1.82, 2.24) is 0 Å². The highest BCUT2D eigenvalue weighted by Gasteiger charge is 2.27. The van der Waals surface area contributed by atoms with Gasteiger partial charge in [-0.3, -0.25) is 4.79 Å². The van der Waals surface area contributed by atoms with Crippen LogP contribution < -0.4 is 0 Å². The summed E-state index contributed by atoms with van der Waals surface area (Å²) in [6.45, 7) is 1.80. The fraction of sp³-hybridized carbons (Fsp3) is 0.286. The third-order valence-electron chi connectivity index (χ3n) is 2.46. The van der Waals surface area contributed by atoms with E-state index in [1.165, 1.54) is 35.7 Å². The molecule has 1 rings (SSSR count). The van der Waals surface area contributed by atoms with Gasteiger partial charge in [-0.15, -0.1) is 23.5 Å². The van der Waals surface area contributed by atoms with E-state index in [1.807, 2.05) is 0 Å². The number of carbonyl (C=O) groups is 2. The Morgan fingerprint density at radius 2 is 1.90 bits per heavy atom. The second-order valence-corrected chi connectivity index (χ2v) is 6.55. The molecule has 0 saturated carbocycles. The van der Waals surface area contributed by atoms with E-state index in [0.29, 0.717) is 8.71 Å². The van der Waals surface area contributed by atoms with Crippen molar-refractivity contribution in [3.05, 3.63) is 43.9 Å². The van der Waals surface area contributed by atoms with Gasteiger partial charge in [0.2, 0.25) is 5.78 Å². The molecule has 0 spiro atoms. The van der Waals surface area contributed by atoms with Gasteiger partial charge in [0.1, 0.15) is 11.4 Å². The number of halogens is 2. The first-order valence-electron chi connectivity index (χ1n) is 5.95. The smallest absolute Gasteiger partial charge is 0.343 e. The van der Waals surface area contributed by atoms with Crippen LogP contribution in [-0.4, -0.2) is 30.9 Å². The van der Waals surface area contributed by atoms with Gasteiger partial charge >= 0.3 is 5.97 Å². The maximum atomic E-state index is 13.9. The molecule has 0 N–H and O–H groups in total. The molecule has 0 aliphatic rings. The molecule has 0 atom stereocenters. The number of thioether (sulfide) groups is 2. The molecule has 0 bridgehead atoms. The van der Waals surface area contributed by atoms with Crippen molar-refractivity contribution in [2.24, 2.45) is 0 Å². The predicted octanol–water partition coefficient (Wildman–Crippen LogP) is 4.27. The van der Waals surface area contributed by atoms with Crippen LogP contribution in [0.3, 0.4) is 0 Å². The summed E-state index contributed by atoms with van der Waals surface area (Å²) in [7, 11) is 0. The minimum atomic E-state index is -0.733. The summed E-state index contributed by atoms with van der Waals surface area (Å²) in [5.41, 5.74) is -0.278. The normalized spacial score (nSPS) is 10.1. The minimum Gasteiger partial charge on any atom is -0.462 e. The molecule has 0 aromatic heterocycles. The van der Waals surface area contributed by atoms with Gasteiger partial charge < -0.3 is 4.74 Å². The second-order valence-electron chi connectivity index (χ2n) is 3.74. The molecule has 114 valence electrons. The zero-order chi connectivity index (χ0) is 16.0. The number of rotatable bonds is 6. The number of hydrogen-bond donors (Lipinski definition) is 0. The summed E-state index contributed by atoms with van der Waals surface area (Å²) < 4.78 is 19.9. The largest absolute Gasteiger partial charge is 0.462 e. The molecule has 0 heterocycles. The minimum absolute atomic E-state index is 0.127. The van der Waals surface area contributed by atoms with Crippen LogP contribution in [0.4, 0.5) is 4.39 Å². The third kappa shape index (κ3) is 4.59. The highest BCUT2D eigenvalue weighted by atomic mass is 79.9. The summed E-state index contributed by atoms with van der Waals surface area (Å²) in [6.07, 6.45) is 3.49. The Kier molecular flexibility index (Phi) is 7.48. The van der Waals surface area contributed by atoms with Crippen molar-refractivity contribution >= 4 is 51.2 Å². The van der Waals surface area contributed by atoms with E-state index in [9.17, 15) is 14.0 Å². The Labute approximate surface area is 139 Å². The fourth-order valence-corrected chi connectivity index (χ4v) is 3.33. The van der Waals surface area contributed by atoms with Gasteiger partial charge in [0, 0.05) is 4.47 Å². The molecule has 3 nitrogen and oxygen atoms in total. The van der Waals surface area contributed by atoms with Crippen LogP contribution >= 0.6 is 39.5 Å². The van der Waals surface area contributed by atoms with Gasteiger partial charge in [-0.05, 0) is 37.6 Å². The van der Waals surface area contributed by atoms with Crippen molar-refractivity contribution < 1.29 is 18.7 Å². The average Bonchev–Trinajstić information content (AvgIpc) is 2.44. The highest BCUT2D eigenvalue weighted by Crippen LogP contribution is 2.31. The summed E-state index contributed by atoms with van der Waals surface area (Å²) >= 11 is 5.64. The van der Waals surface area contributed by atoms with E-state index >= 15 is 0 Å². The summed E-state index contributed by atoms with van der Waals surface area (Å²) in [6, 6.07) is 4.09. The van der Waals surface area contributed by atoms with Crippen LogP contribution in [-0.2, 0) is 9.53 Å². The molecule has 7 heteroatoms. The van der Waals surface area contributed by atoms with Gasteiger partial charge in [0.15, 0.2) is 0 Å².